The topological polar surface area (TPSA) is 67.2 Å². The molecule has 2 N–H and O–H groups in total. The predicted octanol–water partition coefficient (Wildman–Crippen LogP) is 1.63. The van der Waals surface area contributed by atoms with Crippen LogP contribution in [0.1, 0.15) is 25.0 Å². The Bertz CT molecular complexity index is 590. The van der Waals surface area contributed by atoms with Crippen molar-refractivity contribution >= 4 is 16.9 Å². The van der Waals surface area contributed by atoms with Crippen molar-refractivity contribution in [2.75, 3.05) is 13.1 Å². The smallest absolute Gasteiger partial charge is 0.226 e. The van der Waals surface area contributed by atoms with E-state index in [0.717, 1.165) is 30.0 Å². The molecule has 1 amide bonds. The normalized spacial score (nSPS) is 14.6. The van der Waals surface area contributed by atoms with Gasteiger partial charge in [0.05, 0.1) is 6.42 Å². The number of rotatable bonds is 7. The van der Waals surface area contributed by atoms with E-state index in [9.17, 15) is 4.79 Å². The van der Waals surface area contributed by atoms with Crippen LogP contribution >= 0.6 is 0 Å². The molecule has 0 radical (unpaired) electrons. The third-order valence-corrected chi connectivity index (χ3v) is 3.47. The van der Waals surface area contributed by atoms with Crippen LogP contribution in [0, 0.1) is 0 Å². The van der Waals surface area contributed by atoms with Crippen LogP contribution in [0.25, 0.3) is 11.0 Å². The van der Waals surface area contributed by atoms with E-state index in [4.69, 9.17) is 4.52 Å². The highest BCUT2D eigenvalue weighted by atomic mass is 16.5. The fraction of sp³-hybridized carbons (Fsp3) is 0.467. The first-order chi connectivity index (χ1) is 9.83. The molecule has 1 saturated carbocycles. The van der Waals surface area contributed by atoms with Gasteiger partial charge in [0.15, 0.2) is 5.58 Å². The van der Waals surface area contributed by atoms with Gasteiger partial charge in [0.1, 0.15) is 5.69 Å². The van der Waals surface area contributed by atoms with Crippen molar-refractivity contribution in [1.29, 1.82) is 0 Å². The molecule has 1 heterocycles. The second-order valence-electron chi connectivity index (χ2n) is 5.23. The second-order valence-corrected chi connectivity index (χ2v) is 5.23. The summed E-state index contributed by atoms with van der Waals surface area (Å²) in [5, 5.41) is 11.2. The molecule has 1 aromatic heterocycles. The van der Waals surface area contributed by atoms with Crippen LogP contribution in [0.5, 0.6) is 0 Å². The van der Waals surface area contributed by atoms with Crippen LogP contribution in [0.2, 0.25) is 0 Å². The minimum atomic E-state index is -0.00419. The molecule has 3 rings (SSSR count). The van der Waals surface area contributed by atoms with Crippen molar-refractivity contribution in [1.82, 2.24) is 15.8 Å². The van der Waals surface area contributed by atoms with Crippen molar-refractivity contribution in [2.24, 2.45) is 0 Å². The van der Waals surface area contributed by atoms with E-state index in [0.29, 0.717) is 12.2 Å². The van der Waals surface area contributed by atoms with Gasteiger partial charge in [0.2, 0.25) is 5.91 Å². The van der Waals surface area contributed by atoms with Gasteiger partial charge in [-0.2, -0.15) is 0 Å². The van der Waals surface area contributed by atoms with Crippen LogP contribution < -0.4 is 10.6 Å². The van der Waals surface area contributed by atoms with E-state index in [-0.39, 0.29) is 12.3 Å². The Labute approximate surface area is 117 Å². The van der Waals surface area contributed by atoms with Gasteiger partial charge in [0.25, 0.3) is 0 Å². The first-order valence-corrected chi connectivity index (χ1v) is 7.16. The molecule has 0 aliphatic heterocycles. The molecule has 0 spiro atoms. The predicted molar refractivity (Wildman–Crippen MR) is 76.4 cm³/mol. The number of fused-ring (bicyclic) bond motifs is 1. The Morgan fingerprint density at radius 2 is 2.15 bits per heavy atom. The van der Waals surface area contributed by atoms with Gasteiger partial charge < -0.3 is 15.2 Å². The first kappa shape index (κ1) is 13.1. The van der Waals surface area contributed by atoms with Crippen LogP contribution in [0.15, 0.2) is 28.8 Å². The maximum atomic E-state index is 11.9. The summed E-state index contributed by atoms with van der Waals surface area (Å²) in [6.45, 7) is 1.67. The summed E-state index contributed by atoms with van der Waals surface area (Å²) >= 11 is 0. The number of carbonyl (C=O) groups excluding carboxylic acids is 1. The zero-order valence-electron chi connectivity index (χ0n) is 11.4. The van der Waals surface area contributed by atoms with Crippen molar-refractivity contribution in [2.45, 2.75) is 31.7 Å². The van der Waals surface area contributed by atoms with Crippen molar-refractivity contribution in [3.05, 3.63) is 30.0 Å². The van der Waals surface area contributed by atoms with E-state index >= 15 is 0 Å². The highest BCUT2D eigenvalue weighted by Crippen LogP contribution is 2.18. The van der Waals surface area contributed by atoms with Gasteiger partial charge in [-0.15, -0.1) is 0 Å². The van der Waals surface area contributed by atoms with Gasteiger partial charge in [-0.3, -0.25) is 4.79 Å². The zero-order chi connectivity index (χ0) is 13.8. The van der Waals surface area contributed by atoms with Crippen LogP contribution in [0.3, 0.4) is 0 Å². The number of hydrogen-bond acceptors (Lipinski definition) is 4. The van der Waals surface area contributed by atoms with Crippen molar-refractivity contribution in [3.63, 3.8) is 0 Å². The number of carbonyl (C=O) groups is 1. The summed E-state index contributed by atoms with van der Waals surface area (Å²) in [4.78, 5) is 11.9. The summed E-state index contributed by atoms with van der Waals surface area (Å²) in [5.74, 6) is -0.00419. The van der Waals surface area contributed by atoms with E-state index in [1.165, 1.54) is 12.8 Å². The number of aromatic nitrogens is 1. The number of nitrogens with zero attached hydrogens (tertiary/aromatic N) is 1. The maximum absolute atomic E-state index is 11.9. The third kappa shape index (κ3) is 3.36. The van der Waals surface area contributed by atoms with Gasteiger partial charge >= 0.3 is 0 Å². The van der Waals surface area contributed by atoms with E-state index in [2.05, 4.69) is 15.8 Å². The highest BCUT2D eigenvalue weighted by molar-refractivity contribution is 5.86. The monoisotopic (exact) mass is 273 g/mol. The molecule has 1 aliphatic carbocycles. The maximum Gasteiger partial charge on any atom is 0.226 e. The van der Waals surface area contributed by atoms with Gasteiger partial charge in [-0.1, -0.05) is 17.3 Å². The summed E-state index contributed by atoms with van der Waals surface area (Å²) in [6.07, 6.45) is 3.83. The second kappa shape index (κ2) is 6.05. The number of nitrogens with one attached hydrogen (secondary N) is 2. The quantitative estimate of drug-likeness (QED) is 0.752. The zero-order valence-corrected chi connectivity index (χ0v) is 11.4. The summed E-state index contributed by atoms with van der Waals surface area (Å²) in [6, 6.07) is 8.32. The molecule has 0 unspecified atom stereocenters. The van der Waals surface area contributed by atoms with E-state index in [1.54, 1.807) is 0 Å². The van der Waals surface area contributed by atoms with Gasteiger partial charge in [-0.25, -0.2) is 0 Å². The van der Waals surface area contributed by atoms with Crippen LogP contribution in [-0.2, 0) is 11.2 Å². The molecule has 5 heteroatoms. The average Bonchev–Trinajstić information content (AvgIpc) is 3.20. The van der Waals surface area contributed by atoms with Crippen LogP contribution in [-0.4, -0.2) is 30.2 Å². The fourth-order valence-corrected chi connectivity index (χ4v) is 2.19. The van der Waals surface area contributed by atoms with Crippen molar-refractivity contribution in [3.8, 4) is 0 Å². The molecule has 0 saturated heterocycles. The lowest BCUT2D eigenvalue weighted by molar-refractivity contribution is -0.120. The third-order valence-electron chi connectivity index (χ3n) is 3.47. The SMILES string of the molecule is O=C(Cc1noc2ccccc12)NCCCNC1CC1. The standard InChI is InChI=1S/C15H19N3O2/c19-15(17-9-3-8-16-11-6-7-11)10-13-12-4-1-2-5-14(12)20-18-13/h1-2,4-5,11,16H,3,6-10H2,(H,17,19). The van der Waals surface area contributed by atoms with Gasteiger partial charge in [0, 0.05) is 18.0 Å². The van der Waals surface area contributed by atoms with Crippen LogP contribution in [0.4, 0.5) is 0 Å². The lowest BCUT2D eigenvalue weighted by Crippen LogP contribution is -2.29. The number of benzene rings is 1. The van der Waals surface area contributed by atoms with Gasteiger partial charge in [-0.05, 0) is 37.9 Å². The highest BCUT2D eigenvalue weighted by Gasteiger charge is 2.19. The Kier molecular flexibility index (Phi) is 3.97. The molecule has 0 atom stereocenters. The Morgan fingerprint density at radius 1 is 1.30 bits per heavy atom. The minimum absolute atomic E-state index is 0.00419. The molecule has 0 bridgehead atoms. The van der Waals surface area contributed by atoms with Crippen molar-refractivity contribution < 1.29 is 9.32 Å². The molecule has 20 heavy (non-hydrogen) atoms. The number of hydrogen-bond donors (Lipinski definition) is 2. The molecule has 1 aromatic carbocycles. The molecule has 1 aliphatic rings. The first-order valence-electron chi connectivity index (χ1n) is 7.16. The Balaban J connectivity index is 1.43. The van der Waals surface area contributed by atoms with E-state index < -0.39 is 0 Å². The number of amides is 1. The summed E-state index contributed by atoms with van der Waals surface area (Å²) in [5.41, 5.74) is 1.43. The fourth-order valence-electron chi connectivity index (χ4n) is 2.19. The molecule has 1 fully saturated rings. The Hall–Kier alpha value is -1.88. The lowest BCUT2D eigenvalue weighted by atomic mass is 10.1. The molecule has 106 valence electrons. The molecule has 5 nitrogen and oxygen atoms in total. The molecule has 2 aromatic rings. The lowest BCUT2D eigenvalue weighted by Gasteiger charge is -2.04. The molecular formula is C15H19N3O2. The molecular weight excluding hydrogens is 254 g/mol. The Morgan fingerprint density at radius 3 is 3.00 bits per heavy atom. The van der Waals surface area contributed by atoms with E-state index in [1.807, 2.05) is 24.3 Å². The minimum Gasteiger partial charge on any atom is -0.356 e. The average molecular weight is 273 g/mol. The largest absolute Gasteiger partial charge is 0.356 e. The summed E-state index contributed by atoms with van der Waals surface area (Å²) < 4.78 is 5.19. The summed E-state index contributed by atoms with van der Waals surface area (Å²) in [7, 11) is 0. The number of para-hydroxylation sites is 1.